The molecule has 116 valence electrons. The molecular formula is C17H26N2O2. The maximum Gasteiger partial charge on any atom is 0.252 e. The van der Waals surface area contributed by atoms with Gasteiger partial charge in [-0.1, -0.05) is 13.0 Å². The summed E-state index contributed by atoms with van der Waals surface area (Å²) in [5.41, 5.74) is 1.48. The molecule has 0 unspecified atom stereocenters. The van der Waals surface area contributed by atoms with E-state index in [1.54, 1.807) is 7.11 Å². The molecule has 1 heterocycles. The van der Waals surface area contributed by atoms with Crippen LogP contribution in [0.25, 0.3) is 0 Å². The van der Waals surface area contributed by atoms with Crippen molar-refractivity contribution in [3.8, 4) is 5.75 Å². The number of nitrogens with one attached hydrogen (secondary N) is 1. The van der Waals surface area contributed by atoms with Crippen molar-refractivity contribution < 1.29 is 9.53 Å². The van der Waals surface area contributed by atoms with E-state index in [0.29, 0.717) is 5.56 Å². The first-order valence-corrected chi connectivity index (χ1v) is 7.67. The first-order chi connectivity index (χ1) is 9.99. The molecule has 1 aromatic rings. The molecule has 0 aliphatic carbocycles. The molecule has 1 amide bonds. The van der Waals surface area contributed by atoms with Crippen LogP contribution in [0.5, 0.6) is 5.75 Å². The Balaban J connectivity index is 2.08. The highest BCUT2D eigenvalue weighted by Gasteiger charge is 2.31. The van der Waals surface area contributed by atoms with Gasteiger partial charge in [-0.25, -0.2) is 0 Å². The summed E-state index contributed by atoms with van der Waals surface area (Å²) in [6.07, 6.45) is 1.99. The van der Waals surface area contributed by atoms with E-state index in [1.807, 2.05) is 25.1 Å². The summed E-state index contributed by atoms with van der Waals surface area (Å²) in [6, 6.07) is 5.61. The minimum atomic E-state index is -0.113. The van der Waals surface area contributed by atoms with Crippen LogP contribution in [0.4, 0.5) is 0 Å². The van der Waals surface area contributed by atoms with Gasteiger partial charge in [-0.05, 0) is 45.4 Å². The van der Waals surface area contributed by atoms with Crippen LogP contribution in [-0.4, -0.2) is 43.1 Å². The Morgan fingerprint density at radius 2 is 2.05 bits per heavy atom. The van der Waals surface area contributed by atoms with Crippen LogP contribution in [0.15, 0.2) is 18.2 Å². The summed E-state index contributed by atoms with van der Waals surface area (Å²) < 4.78 is 5.29. The predicted molar refractivity (Wildman–Crippen MR) is 85.0 cm³/mol. The standard InChI is InChI=1S/C17H26N2O2/c1-5-19-11-9-17(3,10-12-19)18-16(20)14-7-6-8-15(21-4)13(14)2/h6-8H,5,9-12H2,1-4H3,(H,18,20). The lowest BCUT2D eigenvalue weighted by Gasteiger charge is -2.39. The second-order valence-electron chi connectivity index (χ2n) is 6.08. The summed E-state index contributed by atoms with van der Waals surface area (Å²) in [5.74, 6) is 0.757. The smallest absolute Gasteiger partial charge is 0.252 e. The molecule has 1 saturated heterocycles. The van der Waals surface area contributed by atoms with Crippen molar-refractivity contribution >= 4 is 5.91 Å². The third-order valence-electron chi connectivity index (χ3n) is 4.57. The number of carbonyl (C=O) groups is 1. The molecule has 4 heteroatoms. The maximum atomic E-state index is 12.6. The van der Waals surface area contributed by atoms with E-state index in [4.69, 9.17) is 4.74 Å². The molecular weight excluding hydrogens is 264 g/mol. The second kappa shape index (κ2) is 6.48. The van der Waals surface area contributed by atoms with Crippen LogP contribution in [0.1, 0.15) is 42.6 Å². The first kappa shape index (κ1) is 15.8. The molecule has 1 aliphatic heterocycles. The number of carbonyl (C=O) groups excluding carboxylic acids is 1. The van der Waals surface area contributed by atoms with Gasteiger partial charge < -0.3 is 15.0 Å². The third-order valence-corrected chi connectivity index (χ3v) is 4.57. The fourth-order valence-corrected chi connectivity index (χ4v) is 2.91. The van der Waals surface area contributed by atoms with E-state index in [0.717, 1.165) is 43.8 Å². The van der Waals surface area contributed by atoms with Gasteiger partial charge in [0.1, 0.15) is 5.75 Å². The molecule has 0 atom stereocenters. The fourth-order valence-electron chi connectivity index (χ4n) is 2.91. The maximum absolute atomic E-state index is 12.6. The monoisotopic (exact) mass is 290 g/mol. The minimum Gasteiger partial charge on any atom is -0.496 e. The van der Waals surface area contributed by atoms with Gasteiger partial charge in [0.05, 0.1) is 7.11 Å². The highest BCUT2D eigenvalue weighted by molar-refractivity contribution is 5.96. The van der Waals surface area contributed by atoms with Gasteiger partial charge in [0.2, 0.25) is 0 Å². The number of nitrogens with zero attached hydrogens (tertiary/aromatic N) is 1. The largest absolute Gasteiger partial charge is 0.496 e. The summed E-state index contributed by atoms with van der Waals surface area (Å²) in [4.78, 5) is 15.0. The van der Waals surface area contributed by atoms with Gasteiger partial charge in [-0.3, -0.25) is 4.79 Å². The first-order valence-electron chi connectivity index (χ1n) is 7.67. The minimum absolute atomic E-state index is 0.00107. The van der Waals surface area contributed by atoms with Crippen molar-refractivity contribution in [2.75, 3.05) is 26.7 Å². The van der Waals surface area contributed by atoms with Crippen LogP contribution < -0.4 is 10.1 Å². The number of piperidine rings is 1. The molecule has 0 bridgehead atoms. The lowest BCUT2D eigenvalue weighted by atomic mass is 9.89. The fraction of sp³-hybridized carbons (Fsp3) is 0.588. The summed E-state index contributed by atoms with van der Waals surface area (Å²) in [7, 11) is 1.63. The van der Waals surface area contributed by atoms with Crippen LogP contribution in [-0.2, 0) is 0 Å². The molecule has 4 nitrogen and oxygen atoms in total. The van der Waals surface area contributed by atoms with E-state index in [9.17, 15) is 4.79 Å². The van der Waals surface area contributed by atoms with E-state index >= 15 is 0 Å². The van der Waals surface area contributed by atoms with Gasteiger partial charge in [-0.15, -0.1) is 0 Å². The summed E-state index contributed by atoms with van der Waals surface area (Å²) >= 11 is 0. The SMILES string of the molecule is CCN1CCC(C)(NC(=O)c2cccc(OC)c2C)CC1. The van der Waals surface area contributed by atoms with Crippen LogP contribution in [0.3, 0.4) is 0 Å². The molecule has 0 radical (unpaired) electrons. The number of ether oxygens (including phenoxy) is 1. The number of amides is 1. The summed E-state index contributed by atoms with van der Waals surface area (Å²) in [5, 5.41) is 3.23. The average Bonchev–Trinajstić information content (AvgIpc) is 2.48. The van der Waals surface area contributed by atoms with Crippen LogP contribution in [0, 0.1) is 6.92 Å². The molecule has 1 N–H and O–H groups in total. The molecule has 0 aromatic heterocycles. The number of likely N-dealkylation sites (tertiary alicyclic amines) is 1. The molecule has 1 fully saturated rings. The number of hydrogen-bond donors (Lipinski definition) is 1. The van der Waals surface area contributed by atoms with Crippen molar-refractivity contribution in [3.05, 3.63) is 29.3 Å². The van der Waals surface area contributed by atoms with Gasteiger partial charge in [-0.2, -0.15) is 0 Å². The molecule has 0 spiro atoms. The van der Waals surface area contributed by atoms with E-state index in [2.05, 4.69) is 24.1 Å². The van der Waals surface area contributed by atoms with Crippen LogP contribution >= 0.6 is 0 Å². The van der Waals surface area contributed by atoms with E-state index in [1.165, 1.54) is 0 Å². The second-order valence-corrected chi connectivity index (χ2v) is 6.08. The van der Waals surface area contributed by atoms with Crippen LogP contribution in [0.2, 0.25) is 0 Å². The number of methoxy groups -OCH3 is 1. The quantitative estimate of drug-likeness (QED) is 0.927. The lowest BCUT2D eigenvalue weighted by Crippen LogP contribution is -2.53. The molecule has 1 aromatic carbocycles. The number of hydrogen-bond acceptors (Lipinski definition) is 3. The Hall–Kier alpha value is -1.55. The molecule has 0 saturated carbocycles. The molecule has 2 rings (SSSR count). The van der Waals surface area contributed by atoms with Crippen molar-refractivity contribution in [2.24, 2.45) is 0 Å². The zero-order valence-electron chi connectivity index (χ0n) is 13.5. The average molecular weight is 290 g/mol. The van der Waals surface area contributed by atoms with Crippen molar-refractivity contribution in [2.45, 2.75) is 39.2 Å². The van der Waals surface area contributed by atoms with E-state index in [-0.39, 0.29) is 11.4 Å². The third kappa shape index (κ3) is 3.56. The van der Waals surface area contributed by atoms with Crippen molar-refractivity contribution in [1.29, 1.82) is 0 Å². The Morgan fingerprint density at radius 3 is 2.62 bits per heavy atom. The zero-order chi connectivity index (χ0) is 15.5. The Kier molecular flexibility index (Phi) is 4.88. The Morgan fingerprint density at radius 1 is 1.38 bits per heavy atom. The molecule has 21 heavy (non-hydrogen) atoms. The van der Waals surface area contributed by atoms with Gasteiger partial charge in [0, 0.05) is 29.8 Å². The topological polar surface area (TPSA) is 41.6 Å². The highest BCUT2D eigenvalue weighted by Crippen LogP contribution is 2.24. The van der Waals surface area contributed by atoms with Gasteiger partial charge in [0.15, 0.2) is 0 Å². The lowest BCUT2D eigenvalue weighted by molar-refractivity contribution is 0.0838. The van der Waals surface area contributed by atoms with Gasteiger partial charge in [0.25, 0.3) is 5.91 Å². The van der Waals surface area contributed by atoms with E-state index < -0.39 is 0 Å². The number of rotatable bonds is 4. The summed E-state index contributed by atoms with van der Waals surface area (Å²) in [6.45, 7) is 9.43. The Bertz CT molecular complexity index is 506. The molecule has 1 aliphatic rings. The Labute approximate surface area is 127 Å². The van der Waals surface area contributed by atoms with Crippen molar-refractivity contribution in [1.82, 2.24) is 10.2 Å². The number of benzene rings is 1. The zero-order valence-corrected chi connectivity index (χ0v) is 13.5. The predicted octanol–water partition coefficient (Wildman–Crippen LogP) is 2.61. The highest BCUT2D eigenvalue weighted by atomic mass is 16.5. The van der Waals surface area contributed by atoms with Crippen molar-refractivity contribution in [3.63, 3.8) is 0 Å². The normalized spacial score (nSPS) is 18.3. The van der Waals surface area contributed by atoms with Gasteiger partial charge >= 0.3 is 0 Å².